The highest BCUT2D eigenvalue weighted by Gasteiger charge is 2.46. The summed E-state index contributed by atoms with van der Waals surface area (Å²) in [5.74, 6) is 0.253. The molecule has 8 nitrogen and oxygen atoms in total. The number of carbonyl (C=O) groups is 2. The van der Waals surface area contributed by atoms with Gasteiger partial charge in [-0.25, -0.2) is 0 Å². The lowest BCUT2D eigenvalue weighted by atomic mass is 9.78. The fourth-order valence-corrected chi connectivity index (χ4v) is 6.23. The third kappa shape index (κ3) is 4.48. The smallest absolute Gasteiger partial charge is 0.254 e. The lowest BCUT2D eigenvalue weighted by Crippen LogP contribution is -2.53. The summed E-state index contributed by atoms with van der Waals surface area (Å²) in [7, 11) is 3.31. The SMILES string of the molecule is COCCN1C(=O)c2ccccc2C(C(=O)N2CCN(c3ccccc3OC)CC2)C1c1c[nH]c2ccccc12. The Bertz CT molecular complexity index is 1520. The number of benzene rings is 3. The van der Waals surface area contributed by atoms with Crippen molar-refractivity contribution >= 4 is 28.4 Å². The van der Waals surface area contributed by atoms with Gasteiger partial charge in [-0.1, -0.05) is 48.5 Å². The van der Waals surface area contributed by atoms with Crippen molar-refractivity contribution in [2.45, 2.75) is 12.0 Å². The Hall–Kier alpha value is -4.30. The minimum absolute atomic E-state index is 0.0392. The van der Waals surface area contributed by atoms with Crippen LogP contribution < -0.4 is 9.64 Å². The summed E-state index contributed by atoms with van der Waals surface area (Å²) in [5, 5.41) is 1.01. The van der Waals surface area contributed by atoms with E-state index in [0.29, 0.717) is 44.9 Å². The van der Waals surface area contributed by atoms with Crippen LogP contribution >= 0.6 is 0 Å². The number of hydrogen-bond donors (Lipinski definition) is 1. The molecule has 2 atom stereocenters. The molecule has 0 saturated carbocycles. The lowest BCUT2D eigenvalue weighted by Gasteiger charge is -2.44. The highest BCUT2D eigenvalue weighted by Crippen LogP contribution is 2.45. The Balaban J connectivity index is 1.38. The molecule has 8 heteroatoms. The third-order valence-electron chi connectivity index (χ3n) is 8.20. The predicted molar refractivity (Wildman–Crippen MR) is 155 cm³/mol. The molecule has 1 N–H and O–H groups in total. The summed E-state index contributed by atoms with van der Waals surface area (Å²) in [5.41, 5.74) is 4.33. The fraction of sp³-hybridized carbons (Fsp3) is 0.312. The van der Waals surface area contributed by atoms with Gasteiger partial charge in [0.1, 0.15) is 5.75 Å². The molecule has 0 radical (unpaired) electrons. The number of aromatic nitrogens is 1. The molecular weight excluding hydrogens is 504 g/mol. The Morgan fingerprint density at radius 3 is 2.42 bits per heavy atom. The van der Waals surface area contributed by atoms with Gasteiger partial charge in [0, 0.05) is 68.1 Å². The van der Waals surface area contributed by atoms with E-state index in [1.807, 2.05) is 82.7 Å². The summed E-state index contributed by atoms with van der Waals surface area (Å²) in [6.07, 6.45) is 1.95. The molecule has 3 aromatic carbocycles. The molecule has 4 aromatic rings. The number of anilines is 1. The van der Waals surface area contributed by atoms with Gasteiger partial charge in [-0.2, -0.15) is 0 Å². The molecule has 1 fully saturated rings. The van der Waals surface area contributed by atoms with Crippen molar-refractivity contribution in [3.8, 4) is 5.75 Å². The number of amides is 2. The van der Waals surface area contributed by atoms with E-state index in [1.165, 1.54) is 0 Å². The van der Waals surface area contributed by atoms with Crippen molar-refractivity contribution in [3.05, 3.63) is 95.7 Å². The summed E-state index contributed by atoms with van der Waals surface area (Å²) < 4.78 is 11.0. The van der Waals surface area contributed by atoms with Crippen molar-refractivity contribution in [1.82, 2.24) is 14.8 Å². The molecule has 3 heterocycles. The number of methoxy groups -OCH3 is 2. The van der Waals surface area contributed by atoms with Crippen LogP contribution in [0.5, 0.6) is 5.75 Å². The minimum Gasteiger partial charge on any atom is -0.495 e. The maximum atomic E-state index is 14.6. The van der Waals surface area contributed by atoms with Crippen molar-refractivity contribution in [3.63, 3.8) is 0 Å². The highest BCUT2D eigenvalue weighted by atomic mass is 16.5. The summed E-state index contributed by atoms with van der Waals surface area (Å²) in [6, 6.07) is 23.1. The molecule has 0 spiro atoms. The van der Waals surface area contributed by atoms with E-state index >= 15 is 0 Å². The molecular formula is C32H34N4O4. The van der Waals surface area contributed by atoms with Crippen molar-refractivity contribution in [1.29, 1.82) is 0 Å². The Morgan fingerprint density at radius 1 is 0.900 bits per heavy atom. The van der Waals surface area contributed by atoms with Crippen LogP contribution in [0.4, 0.5) is 5.69 Å². The first-order valence-electron chi connectivity index (χ1n) is 13.7. The average Bonchev–Trinajstić information content (AvgIpc) is 3.44. The number of rotatable bonds is 7. The zero-order chi connectivity index (χ0) is 27.6. The van der Waals surface area contributed by atoms with Crippen molar-refractivity contribution in [2.75, 3.05) is 58.5 Å². The summed E-state index contributed by atoms with van der Waals surface area (Å²) >= 11 is 0. The van der Waals surface area contributed by atoms with Crippen LogP contribution in [0.1, 0.15) is 33.4 Å². The van der Waals surface area contributed by atoms with Crippen LogP contribution in [0.2, 0.25) is 0 Å². The van der Waals surface area contributed by atoms with Gasteiger partial charge in [0.25, 0.3) is 5.91 Å². The second kappa shape index (κ2) is 11.1. The van der Waals surface area contributed by atoms with Gasteiger partial charge in [-0.05, 0) is 29.8 Å². The number of fused-ring (bicyclic) bond motifs is 2. The molecule has 206 valence electrons. The minimum atomic E-state index is -0.539. The van der Waals surface area contributed by atoms with Gasteiger partial charge in [-0.3, -0.25) is 9.59 Å². The van der Waals surface area contributed by atoms with E-state index in [1.54, 1.807) is 14.2 Å². The van der Waals surface area contributed by atoms with E-state index in [9.17, 15) is 9.59 Å². The number of aromatic amines is 1. The standard InChI is InChI=1S/C32H34N4O4/c1-39-20-19-36-30(25-21-33-26-12-6-5-9-22(25)26)29(23-10-3-4-11-24(23)31(36)37)32(38)35-17-15-34(16-18-35)27-13-7-8-14-28(27)40-2/h3-14,21,29-30,33H,15-20H2,1-2H3. The zero-order valence-electron chi connectivity index (χ0n) is 22.9. The van der Waals surface area contributed by atoms with E-state index in [0.717, 1.165) is 33.5 Å². The van der Waals surface area contributed by atoms with Gasteiger partial charge in [0.2, 0.25) is 5.91 Å². The molecule has 1 saturated heterocycles. The van der Waals surface area contributed by atoms with Gasteiger partial charge >= 0.3 is 0 Å². The lowest BCUT2D eigenvalue weighted by molar-refractivity contribution is -0.135. The van der Waals surface area contributed by atoms with E-state index < -0.39 is 12.0 Å². The molecule has 6 rings (SSSR count). The number of carbonyl (C=O) groups excluding carboxylic acids is 2. The van der Waals surface area contributed by atoms with Crippen LogP contribution in [0.25, 0.3) is 10.9 Å². The van der Waals surface area contributed by atoms with Crippen LogP contribution in [-0.2, 0) is 9.53 Å². The second-order valence-electron chi connectivity index (χ2n) is 10.3. The van der Waals surface area contributed by atoms with Gasteiger partial charge in [-0.15, -0.1) is 0 Å². The van der Waals surface area contributed by atoms with Crippen molar-refractivity contribution < 1.29 is 19.1 Å². The molecule has 2 aliphatic rings. The van der Waals surface area contributed by atoms with Crippen LogP contribution in [0, 0.1) is 0 Å². The fourth-order valence-electron chi connectivity index (χ4n) is 6.23. The number of hydrogen-bond acceptors (Lipinski definition) is 5. The van der Waals surface area contributed by atoms with E-state index in [4.69, 9.17) is 9.47 Å². The first-order chi connectivity index (χ1) is 19.6. The molecule has 0 bridgehead atoms. The number of nitrogens with one attached hydrogen (secondary N) is 1. The predicted octanol–water partition coefficient (Wildman–Crippen LogP) is 4.45. The monoisotopic (exact) mass is 538 g/mol. The van der Waals surface area contributed by atoms with Crippen LogP contribution in [0.15, 0.2) is 79.0 Å². The summed E-state index contributed by atoms with van der Waals surface area (Å²) in [6.45, 7) is 3.34. The van der Waals surface area contributed by atoms with Crippen molar-refractivity contribution in [2.24, 2.45) is 0 Å². The summed E-state index contributed by atoms with van der Waals surface area (Å²) in [4.78, 5) is 37.9. The number of ether oxygens (including phenoxy) is 2. The molecule has 2 aliphatic heterocycles. The Kier molecular flexibility index (Phi) is 7.17. The Morgan fingerprint density at radius 2 is 1.62 bits per heavy atom. The second-order valence-corrected chi connectivity index (χ2v) is 10.3. The zero-order valence-corrected chi connectivity index (χ0v) is 22.9. The average molecular weight is 539 g/mol. The first kappa shape index (κ1) is 26.0. The van der Waals surface area contributed by atoms with Gasteiger partial charge in [0.15, 0.2) is 0 Å². The van der Waals surface area contributed by atoms with Crippen LogP contribution in [0.3, 0.4) is 0 Å². The molecule has 2 unspecified atom stereocenters. The number of piperazine rings is 1. The van der Waals surface area contributed by atoms with Crippen LogP contribution in [-0.4, -0.2) is 80.1 Å². The number of nitrogens with zero attached hydrogens (tertiary/aromatic N) is 3. The largest absolute Gasteiger partial charge is 0.495 e. The quantitative estimate of drug-likeness (QED) is 0.376. The van der Waals surface area contributed by atoms with Gasteiger partial charge in [0.05, 0.1) is 31.4 Å². The van der Waals surface area contributed by atoms with E-state index in [2.05, 4.69) is 16.0 Å². The van der Waals surface area contributed by atoms with Gasteiger partial charge < -0.3 is 29.2 Å². The molecule has 40 heavy (non-hydrogen) atoms. The molecule has 1 aromatic heterocycles. The number of H-pyrrole nitrogens is 1. The normalized spacial score (nSPS) is 19.1. The highest BCUT2D eigenvalue weighted by molar-refractivity contribution is 6.02. The molecule has 0 aliphatic carbocycles. The number of para-hydroxylation sites is 3. The first-order valence-corrected chi connectivity index (χ1v) is 13.7. The Labute approximate surface area is 234 Å². The maximum absolute atomic E-state index is 14.6. The maximum Gasteiger partial charge on any atom is 0.254 e. The van der Waals surface area contributed by atoms with E-state index in [-0.39, 0.29) is 11.8 Å². The molecule has 2 amide bonds. The topological polar surface area (TPSA) is 78.1 Å². The third-order valence-corrected chi connectivity index (χ3v) is 8.20.